The predicted octanol–water partition coefficient (Wildman–Crippen LogP) is 5.84. The molecule has 1 aromatic carbocycles. The predicted molar refractivity (Wildman–Crippen MR) is 82.4 cm³/mol. The fourth-order valence-electron chi connectivity index (χ4n) is 2.22. The Balaban J connectivity index is 2.39. The van der Waals surface area contributed by atoms with E-state index >= 15 is 0 Å². The zero-order valence-electron chi connectivity index (χ0n) is 11.3. The standard InChI is InChI=1S/C17H21P/c1-3-8-16-12-15(13-17(18-16)9-4-2)14-10-6-5-7-11-14/h5-7,10-13H,3-4,8-9H2,1-2H3. The van der Waals surface area contributed by atoms with Crippen LogP contribution >= 0.6 is 8.19 Å². The molecule has 0 unspecified atom stereocenters. The number of aryl methyl sites for hydroxylation is 2. The minimum absolute atomic E-state index is 1.22. The number of rotatable bonds is 5. The number of benzene rings is 1. The van der Waals surface area contributed by atoms with E-state index in [-0.39, 0.29) is 0 Å². The molecule has 18 heavy (non-hydrogen) atoms. The molecule has 0 atom stereocenters. The third-order valence-corrected chi connectivity index (χ3v) is 4.33. The van der Waals surface area contributed by atoms with Crippen molar-refractivity contribution in [2.75, 3.05) is 0 Å². The Labute approximate surface area is 112 Å². The highest BCUT2D eigenvalue weighted by molar-refractivity contribution is 7.31. The van der Waals surface area contributed by atoms with Crippen molar-refractivity contribution in [1.82, 2.24) is 0 Å². The molecule has 0 saturated carbocycles. The van der Waals surface area contributed by atoms with E-state index in [9.17, 15) is 0 Å². The molecule has 1 heterocycles. The Hall–Kier alpha value is -1.13. The van der Waals surface area contributed by atoms with Crippen LogP contribution in [0.4, 0.5) is 0 Å². The first-order valence-corrected chi connectivity index (χ1v) is 7.78. The van der Waals surface area contributed by atoms with Crippen LogP contribution in [0, 0.1) is 0 Å². The molecule has 0 amide bonds. The van der Waals surface area contributed by atoms with Crippen molar-refractivity contribution in [3.05, 3.63) is 53.1 Å². The zero-order chi connectivity index (χ0) is 12.8. The molecule has 0 saturated heterocycles. The lowest BCUT2D eigenvalue weighted by Gasteiger charge is -2.08. The van der Waals surface area contributed by atoms with Crippen molar-refractivity contribution in [1.29, 1.82) is 0 Å². The highest BCUT2D eigenvalue weighted by atomic mass is 31.0. The summed E-state index contributed by atoms with van der Waals surface area (Å²) >= 11 is 0. The minimum atomic E-state index is 1.22. The maximum atomic E-state index is 2.39. The van der Waals surface area contributed by atoms with Gasteiger partial charge >= 0.3 is 0 Å². The molecule has 0 aliphatic rings. The number of hydrogen-bond donors (Lipinski definition) is 0. The minimum Gasteiger partial charge on any atom is -0.0693 e. The van der Waals surface area contributed by atoms with Crippen LogP contribution < -0.4 is 0 Å². The summed E-state index contributed by atoms with van der Waals surface area (Å²) < 4.78 is 0. The van der Waals surface area contributed by atoms with Crippen LogP contribution in [-0.4, -0.2) is 0 Å². The summed E-state index contributed by atoms with van der Waals surface area (Å²) in [6.07, 6.45) is 4.92. The summed E-state index contributed by atoms with van der Waals surface area (Å²) in [4.78, 5) is 0. The fraction of sp³-hybridized carbons (Fsp3) is 0.353. The smallest absolute Gasteiger partial charge is 0.0172 e. The average Bonchev–Trinajstić information content (AvgIpc) is 2.40. The molecule has 0 radical (unpaired) electrons. The molecule has 0 nitrogen and oxygen atoms in total. The second kappa shape index (κ2) is 6.71. The van der Waals surface area contributed by atoms with Crippen molar-refractivity contribution >= 4 is 8.19 Å². The molecule has 1 aromatic heterocycles. The maximum absolute atomic E-state index is 2.39. The topological polar surface area (TPSA) is 0 Å². The Morgan fingerprint density at radius 2 is 1.33 bits per heavy atom. The first-order valence-electron chi connectivity index (χ1n) is 6.88. The van der Waals surface area contributed by atoms with Gasteiger partial charge in [0.2, 0.25) is 0 Å². The fourth-order valence-corrected chi connectivity index (χ4v) is 3.66. The number of hydrogen-bond acceptors (Lipinski definition) is 0. The molecule has 2 aromatic rings. The summed E-state index contributed by atoms with van der Waals surface area (Å²) in [6.45, 7) is 4.52. The molecular formula is C17H21P. The molecule has 0 fully saturated rings. The van der Waals surface area contributed by atoms with Crippen molar-refractivity contribution < 1.29 is 0 Å². The van der Waals surface area contributed by atoms with Gasteiger partial charge in [0.05, 0.1) is 0 Å². The first-order chi connectivity index (χ1) is 8.83. The van der Waals surface area contributed by atoms with Crippen LogP contribution in [0.1, 0.15) is 37.3 Å². The van der Waals surface area contributed by atoms with Gasteiger partial charge in [-0.1, -0.05) is 65.2 Å². The SMILES string of the molecule is CCCc1cc(-c2ccccc2)cc(CCC)p1. The van der Waals surface area contributed by atoms with Gasteiger partial charge in [-0.2, -0.15) is 0 Å². The first kappa shape index (κ1) is 13.3. The van der Waals surface area contributed by atoms with E-state index in [0.717, 1.165) is 0 Å². The van der Waals surface area contributed by atoms with E-state index < -0.39 is 0 Å². The third-order valence-electron chi connectivity index (χ3n) is 3.05. The lowest BCUT2D eigenvalue weighted by atomic mass is 10.1. The molecule has 0 spiro atoms. The summed E-state index contributed by atoms with van der Waals surface area (Å²) in [7, 11) is 1.46. The van der Waals surface area contributed by atoms with Crippen molar-refractivity contribution in [2.24, 2.45) is 0 Å². The van der Waals surface area contributed by atoms with Crippen LogP contribution in [0.15, 0.2) is 42.5 Å². The normalized spacial score (nSPS) is 10.6. The molecule has 94 valence electrons. The summed E-state index contributed by atoms with van der Waals surface area (Å²) in [6, 6.07) is 15.5. The van der Waals surface area contributed by atoms with Crippen LogP contribution in [0.3, 0.4) is 0 Å². The van der Waals surface area contributed by atoms with Gasteiger partial charge in [0.25, 0.3) is 0 Å². The van der Waals surface area contributed by atoms with Gasteiger partial charge in [0, 0.05) is 0 Å². The van der Waals surface area contributed by atoms with Crippen molar-refractivity contribution in [2.45, 2.75) is 39.5 Å². The highest BCUT2D eigenvalue weighted by Crippen LogP contribution is 2.30. The Bertz CT molecular complexity index is 464. The van der Waals surface area contributed by atoms with Gasteiger partial charge in [0.1, 0.15) is 0 Å². The van der Waals surface area contributed by atoms with Gasteiger partial charge in [-0.15, -0.1) is 0 Å². The van der Waals surface area contributed by atoms with Gasteiger partial charge in [-0.05, 0) is 46.7 Å². The largest absolute Gasteiger partial charge is 0.0693 e. The maximum Gasteiger partial charge on any atom is -0.0172 e. The molecular weight excluding hydrogens is 235 g/mol. The van der Waals surface area contributed by atoms with Gasteiger partial charge < -0.3 is 0 Å². The Morgan fingerprint density at radius 3 is 1.83 bits per heavy atom. The Morgan fingerprint density at radius 1 is 0.778 bits per heavy atom. The van der Waals surface area contributed by atoms with Crippen LogP contribution in [-0.2, 0) is 12.8 Å². The zero-order valence-corrected chi connectivity index (χ0v) is 12.2. The highest BCUT2D eigenvalue weighted by Gasteiger charge is 2.03. The van der Waals surface area contributed by atoms with Gasteiger partial charge in [-0.25, -0.2) is 0 Å². The summed E-state index contributed by atoms with van der Waals surface area (Å²) in [5.41, 5.74) is 2.73. The Kier molecular flexibility index (Phi) is 4.96. The van der Waals surface area contributed by atoms with Crippen molar-refractivity contribution in [3.8, 4) is 11.1 Å². The molecule has 0 aliphatic carbocycles. The van der Waals surface area contributed by atoms with E-state index in [0.29, 0.717) is 0 Å². The molecule has 0 bridgehead atoms. The molecule has 0 N–H and O–H groups in total. The van der Waals surface area contributed by atoms with E-state index in [1.165, 1.54) is 45.0 Å². The quantitative estimate of drug-likeness (QED) is 0.630. The lowest BCUT2D eigenvalue weighted by Crippen LogP contribution is -1.86. The summed E-state index contributed by atoms with van der Waals surface area (Å²) in [5, 5.41) is 3.14. The van der Waals surface area contributed by atoms with Crippen LogP contribution in [0.5, 0.6) is 0 Å². The van der Waals surface area contributed by atoms with Crippen LogP contribution in [0.2, 0.25) is 0 Å². The second-order valence-corrected chi connectivity index (χ2v) is 6.08. The van der Waals surface area contributed by atoms with Gasteiger partial charge in [0.15, 0.2) is 0 Å². The molecule has 0 aliphatic heterocycles. The van der Waals surface area contributed by atoms with E-state index in [1.54, 1.807) is 10.6 Å². The van der Waals surface area contributed by atoms with Gasteiger partial charge in [-0.3, -0.25) is 0 Å². The monoisotopic (exact) mass is 256 g/mol. The lowest BCUT2D eigenvalue weighted by molar-refractivity contribution is 0.928. The third kappa shape index (κ3) is 3.43. The second-order valence-electron chi connectivity index (χ2n) is 4.70. The molecule has 2 rings (SSSR count). The van der Waals surface area contributed by atoms with Crippen LogP contribution in [0.25, 0.3) is 11.1 Å². The molecule has 1 heteroatoms. The van der Waals surface area contributed by atoms with E-state index in [1.807, 2.05) is 0 Å². The van der Waals surface area contributed by atoms with E-state index in [4.69, 9.17) is 0 Å². The van der Waals surface area contributed by atoms with E-state index in [2.05, 4.69) is 56.3 Å². The summed E-state index contributed by atoms with van der Waals surface area (Å²) in [5.74, 6) is 0. The average molecular weight is 256 g/mol. The van der Waals surface area contributed by atoms with Crippen molar-refractivity contribution in [3.63, 3.8) is 0 Å².